The average Bonchev–Trinajstić information content (AvgIpc) is 0.891. The molecule has 0 radical (unpaired) electrons. The van der Waals surface area contributed by atoms with Gasteiger partial charge in [0.2, 0.25) is 0 Å². The molecule has 0 aliphatic carbocycles. The maximum Gasteiger partial charge on any atom is 0.252 e. The molecule has 5 nitrogen and oxygen atoms in total. The van der Waals surface area contributed by atoms with E-state index in [1.165, 1.54) is 33.0 Å². The molecule has 0 bridgehead atoms. The highest BCUT2D eigenvalue weighted by Gasteiger charge is 2.47. The Labute approximate surface area is 624 Å². The molecule has 2 aliphatic rings. The van der Waals surface area contributed by atoms with Gasteiger partial charge in [-0.1, -0.05) is 268 Å². The molecule has 0 spiro atoms. The summed E-state index contributed by atoms with van der Waals surface area (Å²) in [4.78, 5) is 5.05. The molecule has 16 aromatic rings. The van der Waals surface area contributed by atoms with Crippen LogP contribution in [-0.2, 0) is 27.1 Å². The lowest BCUT2D eigenvalue weighted by Crippen LogP contribution is -2.61. The first-order valence-corrected chi connectivity index (χ1v) is 36.6. The molecule has 0 saturated heterocycles. The molecule has 0 unspecified atom stereocenters. The molecule has 104 heavy (non-hydrogen) atoms. The van der Waals surface area contributed by atoms with Crippen molar-refractivity contribution >= 4 is 123 Å². The van der Waals surface area contributed by atoms with Crippen molar-refractivity contribution in [2.75, 3.05) is 9.80 Å². The minimum atomic E-state index is -0.516. The number of aromatic nitrogens is 2. The fraction of sp³-hybridized carbons (Fsp3) is 0.204. The van der Waals surface area contributed by atoms with E-state index in [-0.39, 0.29) is 55.6 Å². The number of rotatable bonds is 7. The van der Waals surface area contributed by atoms with E-state index >= 15 is 0 Å². The van der Waals surface area contributed by atoms with E-state index in [2.05, 4.69) is 318 Å². The van der Waals surface area contributed by atoms with Crippen LogP contribution < -0.4 is 26.2 Å². The van der Waals surface area contributed by atoms with Crippen molar-refractivity contribution < 1.29 is 15.4 Å². The van der Waals surface area contributed by atoms with Gasteiger partial charge in [-0.2, -0.15) is 0 Å². The van der Waals surface area contributed by atoms with Crippen LogP contribution in [0.4, 0.5) is 34.1 Å². The topological polar surface area (TPSA) is 29.5 Å². The molecule has 0 N–H and O–H groups in total. The summed E-state index contributed by atoms with van der Waals surface area (Å²) in [5.41, 5.74) is 24.4. The standard InChI is InChI=1S/C98H89BN4O/c1-94(2,3)63-40-38-62(39-41-63)70-46-51-89-90(73-34-24-27-37-88(73)104-89)93(70)103-85-59-68(100-80-35-25-22-32-71(80)72-33-23-26-36-81(72)100)44-48-79(85)99-78-47-45-69(101-82-49-42-64(95(4,5)6)52-76(82)77-53-65(96(7,8)9)43-50-83(77)101)58-84(78)102(86-56-67(98(13,14)15)57-87(103)91(86)99)92-74(60-28-18-16-19-29-60)54-66(97(10,11)12)55-75(92)61-30-20-17-21-31-61/h16-59H,1-15H3/i22D,23D,25D,26D,32D,33D,35D,36D. The highest BCUT2D eigenvalue weighted by molar-refractivity contribution is 7.00. The second-order valence-electron chi connectivity index (χ2n) is 34.0. The van der Waals surface area contributed by atoms with E-state index in [0.717, 1.165) is 117 Å². The molecular weight excluding hydrogens is 1260 g/mol. The number of anilines is 6. The van der Waals surface area contributed by atoms with Crippen LogP contribution in [0.1, 0.15) is 143 Å². The molecule has 0 saturated carbocycles. The van der Waals surface area contributed by atoms with Crippen molar-refractivity contribution in [1.29, 1.82) is 0 Å². The summed E-state index contributed by atoms with van der Waals surface area (Å²) in [6.45, 7) is 33.7. The van der Waals surface area contributed by atoms with Crippen molar-refractivity contribution in [2.24, 2.45) is 0 Å². The Morgan fingerprint density at radius 3 is 1.24 bits per heavy atom. The lowest BCUT2D eigenvalue weighted by atomic mass is 9.33. The highest BCUT2D eigenvalue weighted by atomic mass is 16.3. The van der Waals surface area contributed by atoms with Crippen molar-refractivity contribution in [3.8, 4) is 44.8 Å². The Balaban J connectivity index is 1.05. The summed E-state index contributed by atoms with van der Waals surface area (Å²) in [7, 11) is 0. The van der Waals surface area contributed by atoms with Gasteiger partial charge < -0.3 is 23.4 Å². The molecule has 0 fully saturated rings. The predicted molar refractivity (Wildman–Crippen MR) is 446 cm³/mol. The van der Waals surface area contributed by atoms with Crippen LogP contribution in [-0.4, -0.2) is 15.8 Å². The normalized spacial score (nSPS) is 14.5. The van der Waals surface area contributed by atoms with Gasteiger partial charge in [-0.15, -0.1) is 0 Å². The summed E-state index contributed by atoms with van der Waals surface area (Å²) >= 11 is 0. The number of furan rings is 1. The monoisotopic (exact) mass is 1360 g/mol. The van der Waals surface area contributed by atoms with Crippen LogP contribution in [0.2, 0.25) is 0 Å². The molecule has 0 amide bonds. The third kappa shape index (κ3) is 10.3. The second kappa shape index (κ2) is 23.2. The van der Waals surface area contributed by atoms with Gasteiger partial charge in [0.1, 0.15) is 11.2 Å². The summed E-state index contributed by atoms with van der Waals surface area (Å²) < 4.78 is 87.0. The summed E-state index contributed by atoms with van der Waals surface area (Å²) in [5.74, 6) is 0. The SMILES string of the molecule is [2H]c1c([2H])c([2H])c2c(c1[2H])c1c([2H])c([2H])c([2H])c([2H])c1n2-c1ccc2c(c1)N(c1c(-c3ccc(C(C)(C)C)cc3)ccc3oc4ccccc4c13)c1cc(C(C)(C)C)cc3c1B2c1ccc(-n2c4ccc(C(C)(C)C)cc4c4cc(C(C)(C)C)ccc42)cc1N3c1c(-c2ccccc2)cc(C(C)(C)C)cc1-c1ccccc1. The van der Waals surface area contributed by atoms with E-state index in [4.69, 9.17) is 7.16 Å². The van der Waals surface area contributed by atoms with Crippen LogP contribution in [0.15, 0.2) is 271 Å². The van der Waals surface area contributed by atoms with Gasteiger partial charge in [0, 0.05) is 77.7 Å². The van der Waals surface area contributed by atoms with Gasteiger partial charge in [0.25, 0.3) is 6.71 Å². The highest BCUT2D eigenvalue weighted by Crippen LogP contribution is 2.56. The Morgan fingerprint density at radius 2 is 0.740 bits per heavy atom. The van der Waals surface area contributed by atoms with Crippen molar-refractivity contribution in [1.82, 2.24) is 9.13 Å². The zero-order chi connectivity index (χ0) is 78.8. The number of benzene rings is 13. The van der Waals surface area contributed by atoms with Gasteiger partial charge in [0.05, 0.1) is 49.8 Å². The average molecular weight is 1360 g/mol. The first kappa shape index (κ1) is 56.5. The number of hydrogen-bond donors (Lipinski definition) is 0. The van der Waals surface area contributed by atoms with Gasteiger partial charge in [-0.25, -0.2) is 0 Å². The quantitative estimate of drug-likeness (QED) is 0.149. The van der Waals surface area contributed by atoms with E-state index in [1.807, 2.05) is 18.2 Å². The minimum Gasteiger partial charge on any atom is -0.456 e. The molecule has 6 heteroatoms. The zero-order valence-corrected chi connectivity index (χ0v) is 62.1. The van der Waals surface area contributed by atoms with Crippen molar-refractivity contribution in [3.63, 3.8) is 0 Å². The lowest BCUT2D eigenvalue weighted by Gasteiger charge is -2.46. The number of hydrogen-bond acceptors (Lipinski definition) is 3. The summed E-state index contributed by atoms with van der Waals surface area (Å²) in [6, 6.07) is 76.8. The van der Waals surface area contributed by atoms with Crippen LogP contribution >= 0.6 is 0 Å². The first-order valence-electron chi connectivity index (χ1n) is 40.6. The summed E-state index contributed by atoms with van der Waals surface area (Å²) in [5, 5.41) is 4.16. The van der Waals surface area contributed by atoms with Crippen molar-refractivity contribution in [2.45, 2.75) is 131 Å². The molecule has 2 aliphatic heterocycles. The fourth-order valence-corrected chi connectivity index (χ4v) is 16.5. The Morgan fingerprint density at radius 1 is 0.308 bits per heavy atom. The van der Waals surface area contributed by atoms with Gasteiger partial charge in [-0.05, 0) is 191 Å². The minimum absolute atomic E-state index is 0.00734. The predicted octanol–water partition coefficient (Wildman–Crippen LogP) is 25.4. The fourth-order valence-electron chi connectivity index (χ4n) is 16.5. The van der Waals surface area contributed by atoms with Gasteiger partial charge in [-0.3, -0.25) is 0 Å². The molecule has 5 heterocycles. The zero-order valence-electron chi connectivity index (χ0n) is 70.1. The van der Waals surface area contributed by atoms with Crippen LogP contribution in [0, 0.1) is 0 Å². The molecule has 18 rings (SSSR count). The van der Waals surface area contributed by atoms with Crippen LogP contribution in [0.25, 0.3) is 110 Å². The molecule has 0 atom stereocenters. The Kier molecular flexibility index (Phi) is 12.6. The molecule has 510 valence electrons. The van der Waals surface area contributed by atoms with Gasteiger partial charge in [0.15, 0.2) is 0 Å². The maximum atomic E-state index is 9.88. The third-order valence-electron chi connectivity index (χ3n) is 22.1. The molecule has 13 aromatic carbocycles. The van der Waals surface area contributed by atoms with E-state index in [0.29, 0.717) is 16.9 Å². The smallest absolute Gasteiger partial charge is 0.252 e. The van der Waals surface area contributed by atoms with Gasteiger partial charge >= 0.3 is 0 Å². The Hall–Kier alpha value is -11.1. The van der Waals surface area contributed by atoms with Crippen molar-refractivity contribution in [3.05, 3.63) is 295 Å². The maximum absolute atomic E-state index is 9.88. The number of para-hydroxylation sites is 3. The van der Waals surface area contributed by atoms with Crippen LogP contribution in [0.5, 0.6) is 0 Å². The Bertz CT molecular complexity index is 6490. The lowest BCUT2D eigenvalue weighted by molar-refractivity contribution is 0.590. The van der Waals surface area contributed by atoms with E-state index in [9.17, 15) is 8.22 Å². The molecular formula is C98H89BN4O. The second-order valence-corrected chi connectivity index (χ2v) is 34.0. The van der Waals surface area contributed by atoms with E-state index in [1.54, 1.807) is 4.57 Å². The van der Waals surface area contributed by atoms with E-state index < -0.39 is 48.4 Å². The first-order chi connectivity index (χ1) is 53.1. The number of nitrogens with zero attached hydrogens (tertiary/aromatic N) is 4. The summed E-state index contributed by atoms with van der Waals surface area (Å²) in [6.07, 6.45) is 0. The molecule has 3 aromatic heterocycles. The third-order valence-corrected chi connectivity index (χ3v) is 22.1. The largest absolute Gasteiger partial charge is 0.456 e. The van der Waals surface area contributed by atoms with Crippen LogP contribution in [0.3, 0.4) is 0 Å². The number of fused-ring (bicyclic) bond motifs is 13.